The van der Waals surface area contributed by atoms with E-state index in [0.717, 1.165) is 61.3 Å². The van der Waals surface area contributed by atoms with E-state index in [2.05, 4.69) is 32.1 Å². The fourth-order valence-corrected chi connectivity index (χ4v) is 4.30. The number of aromatic amines is 1. The highest BCUT2D eigenvalue weighted by molar-refractivity contribution is 5.88. The van der Waals surface area contributed by atoms with Crippen molar-refractivity contribution in [3.8, 4) is 0 Å². The Kier molecular flexibility index (Phi) is 6.08. The number of fused-ring (bicyclic) bond motifs is 1. The molecule has 0 saturated carbocycles. The first-order valence-corrected chi connectivity index (χ1v) is 10.6. The van der Waals surface area contributed by atoms with Gasteiger partial charge in [-0.05, 0) is 43.4 Å². The fraction of sp³-hybridized carbons (Fsp3) is 0.435. The van der Waals surface area contributed by atoms with Crippen molar-refractivity contribution < 1.29 is 4.79 Å². The number of carbonyl (C=O) groups excluding carboxylic acids is 1. The summed E-state index contributed by atoms with van der Waals surface area (Å²) >= 11 is 0. The summed E-state index contributed by atoms with van der Waals surface area (Å²) in [6.07, 6.45) is 8.15. The van der Waals surface area contributed by atoms with Gasteiger partial charge in [-0.1, -0.05) is 31.5 Å². The molecule has 0 spiro atoms. The van der Waals surface area contributed by atoms with E-state index in [1.54, 1.807) is 6.33 Å². The standard InChI is InChI=1S/C23H29N5O/c1-2-7-20(27-18-9-4-3-5-10-18)21(29)14-17-8-6-13-28(15-17)23-19-11-12-24-22(19)25-16-26-23/h3-5,9-12,16-17,20,27H,2,6-8,13-15H2,1H3,(H,24,25,26)/t17-,20+/m0/s1. The molecule has 0 unspecified atom stereocenters. The number of H-pyrrole nitrogens is 1. The number of para-hydroxylation sites is 1. The lowest BCUT2D eigenvalue weighted by Crippen LogP contribution is -2.39. The van der Waals surface area contributed by atoms with Gasteiger partial charge in [0.25, 0.3) is 0 Å². The summed E-state index contributed by atoms with van der Waals surface area (Å²) < 4.78 is 0. The Labute approximate surface area is 171 Å². The minimum absolute atomic E-state index is 0.117. The van der Waals surface area contributed by atoms with Crippen LogP contribution >= 0.6 is 0 Å². The van der Waals surface area contributed by atoms with E-state index in [1.807, 2.05) is 42.6 Å². The molecule has 152 valence electrons. The molecule has 0 bridgehead atoms. The molecule has 1 fully saturated rings. The van der Waals surface area contributed by atoms with Crippen LogP contribution in [0.15, 0.2) is 48.9 Å². The Morgan fingerprint density at radius 2 is 2.14 bits per heavy atom. The molecule has 1 aliphatic heterocycles. The molecule has 0 amide bonds. The van der Waals surface area contributed by atoms with Gasteiger partial charge in [0.2, 0.25) is 0 Å². The molecule has 2 atom stereocenters. The maximum Gasteiger partial charge on any atom is 0.155 e. The van der Waals surface area contributed by atoms with Gasteiger partial charge in [-0.3, -0.25) is 4.79 Å². The summed E-state index contributed by atoms with van der Waals surface area (Å²) in [6.45, 7) is 3.97. The van der Waals surface area contributed by atoms with Gasteiger partial charge in [0.05, 0.1) is 11.4 Å². The second-order valence-electron chi connectivity index (χ2n) is 7.91. The summed E-state index contributed by atoms with van der Waals surface area (Å²) in [4.78, 5) is 27.4. The lowest BCUT2D eigenvalue weighted by atomic mass is 9.89. The number of piperidine rings is 1. The quantitative estimate of drug-likeness (QED) is 0.595. The predicted molar refractivity (Wildman–Crippen MR) is 117 cm³/mol. The maximum absolute atomic E-state index is 13.1. The molecule has 2 N–H and O–H groups in total. The van der Waals surface area contributed by atoms with Crippen molar-refractivity contribution in [1.82, 2.24) is 15.0 Å². The van der Waals surface area contributed by atoms with E-state index in [1.165, 1.54) is 0 Å². The SMILES string of the molecule is CCC[C@@H](Nc1ccccc1)C(=O)C[C@@H]1CCCN(c2ncnc3[nH]ccc23)C1. The number of Topliss-reactive ketones (excluding diaryl/α,β-unsaturated/α-hetero) is 1. The molecule has 29 heavy (non-hydrogen) atoms. The summed E-state index contributed by atoms with van der Waals surface area (Å²) in [5.41, 5.74) is 1.88. The van der Waals surface area contributed by atoms with Crippen LogP contribution in [0.5, 0.6) is 0 Å². The number of anilines is 2. The Hall–Kier alpha value is -2.89. The summed E-state index contributed by atoms with van der Waals surface area (Å²) in [5, 5.41) is 4.50. The van der Waals surface area contributed by atoms with Crippen LogP contribution in [0.1, 0.15) is 39.0 Å². The number of rotatable bonds is 8. The molecule has 1 aliphatic rings. The van der Waals surface area contributed by atoms with Crippen LogP contribution in [-0.2, 0) is 4.79 Å². The fourth-order valence-electron chi connectivity index (χ4n) is 4.30. The van der Waals surface area contributed by atoms with Gasteiger partial charge < -0.3 is 15.2 Å². The molecule has 4 rings (SSSR count). The Balaban J connectivity index is 1.42. The first-order valence-electron chi connectivity index (χ1n) is 10.6. The summed E-state index contributed by atoms with van der Waals surface area (Å²) in [5.74, 6) is 1.65. The minimum Gasteiger partial charge on any atom is -0.375 e. The predicted octanol–water partition coefficient (Wildman–Crippen LogP) is 4.41. The molecule has 0 aliphatic carbocycles. The molecule has 1 aromatic carbocycles. The molecule has 3 aromatic rings. The van der Waals surface area contributed by atoms with Gasteiger partial charge >= 0.3 is 0 Å². The largest absolute Gasteiger partial charge is 0.375 e. The zero-order chi connectivity index (χ0) is 20.1. The molecular weight excluding hydrogens is 362 g/mol. The van der Waals surface area contributed by atoms with Gasteiger partial charge in [0.1, 0.15) is 17.8 Å². The Bertz CT molecular complexity index is 939. The van der Waals surface area contributed by atoms with E-state index in [-0.39, 0.29) is 6.04 Å². The van der Waals surface area contributed by atoms with Crippen LogP contribution in [0.25, 0.3) is 11.0 Å². The number of benzene rings is 1. The zero-order valence-corrected chi connectivity index (χ0v) is 17.0. The third-order valence-corrected chi connectivity index (χ3v) is 5.72. The van der Waals surface area contributed by atoms with Crippen molar-refractivity contribution in [2.75, 3.05) is 23.3 Å². The number of hydrogen-bond donors (Lipinski definition) is 2. The molecule has 3 heterocycles. The molecule has 6 heteroatoms. The second-order valence-corrected chi connectivity index (χ2v) is 7.91. The molecule has 1 saturated heterocycles. The normalized spacial score (nSPS) is 18.0. The average Bonchev–Trinajstić information content (AvgIpc) is 3.23. The van der Waals surface area contributed by atoms with Gasteiger partial charge in [-0.2, -0.15) is 0 Å². The first-order chi connectivity index (χ1) is 14.2. The first kappa shape index (κ1) is 19.4. The van der Waals surface area contributed by atoms with Crippen LogP contribution in [0.2, 0.25) is 0 Å². The van der Waals surface area contributed by atoms with Crippen molar-refractivity contribution in [3.63, 3.8) is 0 Å². The number of nitrogens with zero attached hydrogens (tertiary/aromatic N) is 3. The third-order valence-electron chi connectivity index (χ3n) is 5.72. The highest BCUT2D eigenvalue weighted by Gasteiger charge is 2.27. The maximum atomic E-state index is 13.1. The van der Waals surface area contributed by atoms with Crippen molar-refractivity contribution in [2.24, 2.45) is 5.92 Å². The number of ketones is 1. The lowest BCUT2D eigenvalue weighted by Gasteiger charge is -2.34. The van der Waals surface area contributed by atoms with E-state index in [4.69, 9.17) is 0 Å². The number of carbonyl (C=O) groups is 1. The van der Waals surface area contributed by atoms with Crippen molar-refractivity contribution in [2.45, 2.75) is 45.1 Å². The summed E-state index contributed by atoms with van der Waals surface area (Å²) in [7, 11) is 0. The van der Waals surface area contributed by atoms with Crippen molar-refractivity contribution in [1.29, 1.82) is 0 Å². The third kappa shape index (κ3) is 4.58. The minimum atomic E-state index is -0.117. The number of nitrogens with one attached hydrogen (secondary N) is 2. The van der Waals surface area contributed by atoms with Gasteiger partial charge in [-0.15, -0.1) is 0 Å². The molecular formula is C23H29N5O. The van der Waals surface area contributed by atoms with Crippen molar-refractivity contribution in [3.05, 3.63) is 48.9 Å². The molecule has 6 nitrogen and oxygen atoms in total. The Morgan fingerprint density at radius 3 is 2.97 bits per heavy atom. The second kappa shape index (κ2) is 9.07. The van der Waals surface area contributed by atoms with Crippen LogP contribution in [0.3, 0.4) is 0 Å². The highest BCUT2D eigenvalue weighted by Crippen LogP contribution is 2.29. The monoisotopic (exact) mass is 391 g/mol. The lowest BCUT2D eigenvalue weighted by molar-refractivity contribution is -0.120. The van der Waals surface area contributed by atoms with E-state index < -0.39 is 0 Å². The topological polar surface area (TPSA) is 73.9 Å². The zero-order valence-electron chi connectivity index (χ0n) is 17.0. The molecule has 0 radical (unpaired) electrons. The number of aromatic nitrogens is 3. The average molecular weight is 392 g/mol. The Morgan fingerprint density at radius 1 is 1.28 bits per heavy atom. The van der Waals surface area contributed by atoms with Gasteiger partial charge in [0.15, 0.2) is 5.78 Å². The van der Waals surface area contributed by atoms with E-state index in [0.29, 0.717) is 18.1 Å². The number of hydrogen-bond acceptors (Lipinski definition) is 5. The van der Waals surface area contributed by atoms with E-state index >= 15 is 0 Å². The van der Waals surface area contributed by atoms with E-state index in [9.17, 15) is 4.79 Å². The van der Waals surface area contributed by atoms with Gasteiger partial charge in [-0.25, -0.2) is 9.97 Å². The molecule has 2 aromatic heterocycles. The van der Waals surface area contributed by atoms with Crippen LogP contribution in [0.4, 0.5) is 11.5 Å². The smallest absolute Gasteiger partial charge is 0.155 e. The highest BCUT2D eigenvalue weighted by atomic mass is 16.1. The van der Waals surface area contributed by atoms with Crippen LogP contribution in [0, 0.1) is 5.92 Å². The summed E-state index contributed by atoms with van der Waals surface area (Å²) in [6, 6.07) is 11.9. The van der Waals surface area contributed by atoms with Gasteiger partial charge in [0, 0.05) is 31.4 Å². The van der Waals surface area contributed by atoms with Crippen LogP contribution < -0.4 is 10.2 Å². The van der Waals surface area contributed by atoms with Crippen LogP contribution in [-0.4, -0.2) is 39.9 Å². The van der Waals surface area contributed by atoms with Crippen molar-refractivity contribution >= 4 is 28.3 Å².